The molecule has 0 heterocycles. The van der Waals surface area contributed by atoms with Gasteiger partial charge in [0.25, 0.3) is 0 Å². The van der Waals surface area contributed by atoms with Gasteiger partial charge in [-0.05, 0) is 45.4 Å². The van der Waals surface area contributed by atoms with Crippen LogP contribution in [0.5, 0.6) is 0 Å². The van der Waals surface area contributed by atoms with Crippen LogP contribution in [-0.2, 0) is 14.3 Å². The molecule has 1 fully saturated rings. The Labute approximate surface area is 118 Å². The fraction of sp³-hybridized carbons (Fsp3) is 0.938. The standard InChI is InChI=1S/C16H30O3/c1-3-18-16(19-4-2)12-8-10-14-9-6-5-7-11-15(17)13-14/h14,16H,3-13H2,1-2H3/t14-/m1/s1. The van der Waals surface area contributed by atoms with Crippen LogP contribution in [-0.4, -0.2) is 25.3 Å². The number of ketones is 1. The van der Waals surface area contributed by atoms with Crippen LogP contribution in [0.3, 0.4) is 0 Å². The predicted molar refractivity (Wildman–Crippen MR) is 77.1 cm³/mol. The summed E-state index contributed by atoms with van der Waals surface area (Å²) >= 11 is 0. The van der Waals surface area contributed by atoms with Crippen LogP contribution in [0, 0.1) is 5.92 Å². The van der Waals surface area contributed by atoms with Gasteiger partial charge in [0.2, 0.25) is 0 Å². The summed E-state index contributed by atoms with van der Waals surface area (Å²) in [4.78, 5) is 11.7. The van der Waals surface area contributed by atoms with E-state index in [1.807, 2.05) is 13.8 Å². The highest BCUT2D eigenvalue weighted by Gasteiger charge is 2.17. The highest BCUT2D eigenvalue weighted by molar-refractivity contribution is 5.78. The molecule has 3 nitrogen and oxygen atoms in total. The normalized spacial score (nSPS) is 21.4. The summed E-state index contributed by atoms with van der Waals surface area (Å²) in [6.07, 6.45) is 9.57. The van der Waals surface area contributed by atoms with Crippen molar-refractivity contribution < 1.29 is 14.3 Å². The van der Waals surface area contributed by atoms with Gasteiger partial charge in [-0.2, -0.15) is 0 Å². The minimum atomic E-state index is -0.0562. The number of hydrogen-bond acceptors (Lipinski definition) is 3. The highest BCUT2D eigenvalue weighted by Crippen LogP contribution is 2.25. The van der Waals surface area contributed by atoms with Crippen molar-refractivity contribution >= 4 is 5.78 Å². The van der Waals surface area contributed by atoms with Gasteiger partial charge < -0.3 is 9.47 Å². The number of Topliss-reactive ketones (excluding diaryl/α,β-unsaturated/α-hetero) is 1. The number of carbonyl (C=O) groups excluding carboxylic acids is 1. The third-order valence-electron chi connectivity index (χ3n) is 3.84. The summed E-state index contributed by atoms with van der Waals surface area (Å²) in [5.74, 6) is 1.06. The van der Waals surface area contributed by atoms with Crippen molar-refractivity contribution in [2.45, 2.75) is 77.9 Å². The highest BCUT2D eigenvalue weighted by atomic mass is 16.7. The third-order valence-corrected chi connectivity index (χ3v) is 3.84. The maximum atomic E-state index is 11.7. The molecule has 0 bridgehead atoms. The molecule has 0 amide bonds. The second kappa shape index (κ2) is 10.4. The van der Waals surface area contributed by atoms with E-state index in [2.05, 4.69) is 0 Å². The molecule has 1 atom stereocenters. The lowest BCUT2D eigenvalue weighted by Gasteiger charge is -2.21. The SMILES string of the molecule is CCOC(CCC[C@H]1CCCCCC(=O)C1)OCC. The molecule has 0 unspecified atom stereocenters. The van der Waals surface area contributed by atoms with Crippen molar-refractivity contribution in [2.75, 3.05) is 13.2 Å². The van der Waals surface area contributed by atoms with Gasteiger partial charge in [0.05, 0.1) is 0 Å². The lowest BCUT2D eigenvalue weighted by atomic mass is 9.87. The molecule has 0 N–H and O–H groups in total. The second-order valence-corrected chi connectivity index (χ2v) is 5.48. The maximum absolute atomic E-state index is 11.7. The molecule has 3 heteroatoms. The average molecular weight is 270 g/mol. The van der Waals surface area contributed by atoms with Crippen molar-refractivity contribution in [2.24, 2.45) is 5.92 Å². The Morgan fingerprint density at radius 2 is 1.89 bits per heavy atom. The Balaban J connectivity index is 2.22. The minimum absolute atomic E-state index is 0.0562. The topological polar surface area (TPSA) is 35.5 Å². The van der Waals surface area contributed by atoms with Gasteiger partial charge in [-0.1, -0.05) is 19.3 Å². The van der Waals surface area contributed by atoms with Gasteiger partial charge >= 0.3 is 0 Å². The summed E-state index contributed by atoms with van der Waals surface area (Å²) in [5, 5.41) is 0. The van der Waals surface area contributed by atoms with Crippen LogP contribution in [0.1, 0.15) is 71.6 Å². The van der Waals surface area contributed by atoms with Gasteiger partial charge in [0.15, 0.2) is 6.29 Å². The third kappa shape index (κ3) is 7.68. The van der Waals surface area contributed by atoms with E-state index in [4.69, 9.17) is 9.47 Å². The maximum Gasteiger partial charge on any atom is 0.157 e. The molecule has 0 radical (unpaired) electrons. The first-order valence-corrected chi connectivity index (χ1v) is 8.01. The van der Waals surface area contributed by atoms with E-state index < -0.39 is 0 Å². The lowest BCUT2D eigenvalue weighted by molar-refractivity contribution is -0.140. The Bertz CT molecular complexity index is 234. The Morgan fingerprint density at radius 1 is 1.16 bits per heavy atom. The van der Waals surface area contributed by atoms with Crippen LogP contribution in [0.4, 0.5) is 0 Å². The molecule has 0 spiro atoms. The Hall–Kier alpha value is -0.410. The number of carbonyl (C=O) groups is 1. The van der Waals surface area contributed by atoms with E-state index in [0.29, 0.717) is 24.9 Å². The molecular formula is C16H30O3. The zero-order valence-electron chi connectivity index (χ0n) is 12.7. The summed E-state index contributed by atoms with van der Waals surface area (Å²) in [7, 11) is 0. The molecule has 0 aromatic heterocycles. The lowest BCUT2D eigenvalue weighted by Crippen LogP contribution is -2.18. The van der Waals surface area contributed by atoms with Crippen molar-refractivity contribution in [1.82, 2.24) is 0 Å². The van der Waals surface area contributed by atoms with Gasteiger partial charge in [-0.15, -0.1) is 0 Å². The number of hydrogen-bond donors (Lipinski definition) is 0. The first-order valence-electron chi connectivity index (χ1n) is 8.01. The van der Waals surface area contributed by atoms with Gasteiger partial charge in [0, 0.05) is 26.1 Å². The van der Waals surface area contributed by atoms with Gasteiger partial charge in [-0.3, -0.25) is 4.79 Å². The monoisotopic (exact) mass is 270 g/mol. The first kappa shape index (κ1) is 16.6. The largest absolute Gasteiger partial charge is 0.353 e. The fourth-order valence-electron chi connectivity index (χ4n) is 2.86. The molecule has 1 aliphatic rings. The van der Waals surface area contributed by atoms with Crippen molar-refractivity contribution in [1.29, 1.82) is 0 Å². The average Bonchev–Trinajstić information content (AvgIpc) is 2.35. The van der Waals surface area contributed by atoms with Crippen LogP contribution in [0.25, 0.3) is 0 Å². The Morgan fingerprint density at radius 3 is 2.58 bits per heavy atom. The minimum Gasteiger partial charge on any atom is -0.353 e. The van der Waals surface area contributed by atoms with Crippen LogP contribution >= 0.6 is 0 Å². The van der Waals surface area contributed by atoms with Gasteiger partial charge in [0.1, 0.15) is 5.78 Å². The number of rotatable bonds is 8. The fourth-order valence-corrected chi connectivity index (χ4v) is 2.86. The number of ether oxygens (including phenoxy) is 2. The summed E-state index contributed by atoms with van der Waals surface area (Å²) in [6, 6.07) is 0. The molecular weight excluding hydrogens is 240 g/mol. The molecule has 112 valence electrons. The van der Waals surface area contributed by atoms with Crippen LogP contribution in [0.2, 0.25) is 0 Å². The predicted octanol–water partition coefficient (Wildman–Crippen LogP) is 4.10. The second-order valence-electron chi connectivity index (χ2n) is 5.48. The van der Waals surface area contributed by atoms with E-state index >= 15 is 0 Å². The van der Waals surface area contributed by atoms with E-state index in [0.717, 1.165) is 38.5 Å². The molecule has 0 aromatic rings. The van der Waals surface area contributed by atoms with Crippen LogP contribution in [0.15, 0.2) is 0 Å². The summed E-state index contributed by atoms with van der Waals surface area (Å²) < 4.78 is 11.1. The zero-order chi connectivity index (χ0) is 13.9. The van der Waals surface area contributed by atoms with E-state index in [9.17, 15) is 4.79 Å². The van der Waals surface area contributed by atoms with Gasteiger partial charge in [-0.25, -0.2) is 0 Å². The van der Waals surface area contributed by atoms with Crippen LogP contribution < -0.4 is 0 Å². The molecule has 0 aromatic carbocycles. The van der Waals surface area contributed by atoms with E-state index in [-0.39, 0.29) is 6.29 Å². The van der Waals surface area contributed by atoms with Crippen molar-refractivity contribution in [3.63, 3.8) is 0 Å². The molecule has 1 rings (SSSR count). The zero-order valence-corrected chi connectivity index (χ0v) is 12.7. The first-order chi connectivity index (χ1) is 9.26. The van der Waals surface area contributed by atoms with E-state index in [1.54, 1.807) is 0 Å². The molecule has 0 saturated heterocycles. The smallest absolute Gasteiger partial charge is 0.157 e. The Kier molecular flexibility index (Phi) is 9.10. The van der Waals surface area contributed by atoms with Crippen molar-refractivity contribution in [3.8, 4) is 0 Å². The van der Waals surface area contributed by atoms with E-state index in [1.165, 1.54) is 19.3 Å². The molecule has 1 saturated carbocycles. The molecule has 0 aliphatic heterocycles. The van der Waals surface area contributed by atoms with Crippen molar-refractivity contribution in [3.05, 3.63) is 0 Å². The molecule has 19 heavy (non-hydrogen) atoms. The summed E-state index contributed by atoms with van der Waals surface area (Å²) in [5.41, 5.74) is 0. The quantitative estimate of drug-likeness (QED) is 0.623. The molecule has 1 aliphatic carbocycles. The summed E-state index contributed by atoms with van der Waals surface area (Å²) in [6.45, 7) is 5.40.